The first-order valence-electron chi connectivity index (χ1n) is 6.17. The Hall–Kier alpha value is -0.610. The number of amides is 1. The second kappa shape index (κ2) is 8.53. The summed E-state index contributed by atoms with van der Waals surface area (Å²) in [5, 5.41) is 2.91. The molecular weight excluding hydrogens is 202 g/mol. The molecule has 0 saturated carbocycles. The molecule has 0 aliphatic carbocycles. The molecule has 0 fully saturated rings. The van der Waals surface area contributed by atoms with E-state index in [4.69, 9.17) is 5.73 Å². The number of rotatable bonds is 8. The Morgan fingerprint density at radius 2 is 1.94 bits per heavy atom. The topological polar surface area (TPSA) is 58.4 Å². The van der Waals surface area contributed by atoms with Gasteiger partial charge in [0.05, 0.1) is 6.54 Å². The first-order chi connectivity index (χ1) is 7.45. The minimum absolute atomic E-state index is 0.104. The zero-order valence-corrected chi connectivity index (χ0v) is 11.1. The first kappa shape index (κ1) is 15.4. The minimum atomic E-state index is 0.104. The fourth-order valence-corrected chi connectivity index (χ4v) is 1.64. The average molecular weight is 229 g/mol. The molecule has 16 heavy (non-hydrogen) atoms. The van der Waals surface area contributed by atoms with Crippen molar-refractivity contribution >= 4 is 5.91 Å². The summed E-state index contributed by atoms with van der Waals surface area (Å²) in [5.74, 6) is 0.678. The number of hydrogen-bond donors (Lipinski definition) is 2. The van der Waals surface area contributed by atoms with Crippen LogP contribution >= 0.6 is 0 Å². The van der Waals surface area contributed by atoms with E-state index in [0.717, 1.165) is 19.5 Å². The van der Waals surface area contributed by atoms with Crippen molar-refractivity contribution in [3.05, 3.63) is 0 Å². The molecule has 0 aromatic rings. The van der Waals surface area contributed by atoms with Gasteiger partial charge in [0.2, 0.25) is 5.91 Å². The zero-order valence-electron chi connectivity index (χ0n) is 11.1. The van der Waals surface area contributed by atoms with Crippen molar-refractivity contribution in [1.82, 2.24) is 10.2 Å². The van der Waals surface area contributed by atoms with Crippen LogP contribution in [0.4, 0.5) is 0 Å². The van der Waals surface area contributed by atoms with E-state index in [-0.39, 0.29) is 11.9 Å². The lowest BCUT2D eigenvalue weighted by Crippen LogP contribution is -2.42. The third-order valence-electron chi connectivity index (χ3n) is 2.12. The fourth-order valence-electron chi connectivity index (χ4n) is 1.64. The van der Waals surface area contributed by atoms with Gasteiger partial charge in [0.15, 0.2) is 0 Å². The van der Waals surface area contributed by atoms with E-state index in [1.165, 1.54) is 0 Å². The van der Waals surface area contributed by atoms with Crippen molar-refractivity contribution < 1.29 is 4.79 Å². The molecule has 0 spiro atoms. The van der Waals surface area contributed by atoms with Gasteiger partial charge < -0.3 is 11.1 Å². The van der Waals surface area contributed by atoms with Crippen LogP contribution in [0.25, 0.3) is 0 Å². The molecule has 4 nitrogen and oxygen atoms in total. The van der Waals surface area contributed by atoms with Gasteiger partial charge in [0, 0.05) is 12.6 Å². The van der Waals surface area contributed by atoms with Crippen LogP contribution in [-0.4, -0.2) is 43.0 Å². The van der Waals surface area contributed by atoms with E-state index in [0.29, 0.717) is 19.0 Å². The SMILES string of the molecule is CC(C)CN(CCCN)CC(=O)NC(C)C. The van der Waals surface area contributed by atoms with E-state index in [1.807, 2.05) is 13.8 Å². The van der Waals surface area contributed by atoms with Crippen LogP contribution in [0.15, 0.2) is 0 Å². The molecule has 0 radical (unpaired) electrons. The van der Waals surface area contributed by atoms with Crippen LogP contribution in [0.2, 0.25) is 0 Å². The molecular formula is C12H27N3O. The highest BCUT2D eigenvalue weighted by atomic mass is 16.2. The van der Waals surface area contributed by atoms with Crippen molar-refractivity contribution in [3.8, 4) is 0 Å². The summed E-state index contributed by atoms with van der Waals surface area (Å²) in [6.45, 7) is 11.3. The van der Waals surface area contributed by atoms with Gasteiger partial charge in [-0.3, -0.25) is 9.69 Å². The molecule has 0 aliphatic rings. The normalized spacial score (nSPS) is 11.5. The Morgan fingerprint density at radius 3 is 2.38 bits per heavy atom. The number of nitrogens with zero attached hydrogens (tertiary/aromatic N) is 1. The van der Waals surface area contributed by atoms with E-state index in [9.17, 15) is 4.79 Å². The van der Waals surface area contributed by atoms with Crippen molar-refractivity contribution in [1.29, 1.82) is 0 Å². The molecule has 0 rings (SSSR count). The fraction of sp³-hybridized carbons (Fsp3) is 0.917. The molecule has 0 heterocycles. The first-order valence-corrected chi connectivity index (χ1v) is 6.17. The van der Waals surface area contributed by atoms with E-state index in [1.54, 1.807) is 0 Å². The number of nitrogens with two attached hydrogens (primary N) is 1. The number of carbonyl (C=O) groups is 1. The predicted octanol–water partition coefficient (Wildman–Crippen LogP) is 0.818. The molecule has 0 saturated heterocycles. The Kier molecular flexibility index (Phi) is 8.21. The van der Waals surface area contributed by atoms with Gasteiger partial charge >= 0.3 is 0 Å². The molecule has 0 bridgehead atoms. The quantitative estimate of drug-likeness (QED) is 0.648. The second-order valence-electron chi connectivity index (χ2n) is 4.99. The van der Waals surface area contributed by atoms with Gasteiger partial charge in [-0.25, -0.2) is 0 Å². The summed E-state index contributed by atoms with van der Waals surface area (Å²) in [7, 11) is 0. The predicted molar refractivity (Wildman–Crippen MR) is 68.2 cm³/mol. The number of nitrogens with one attached hydrogen (secondary N) is 1. The minimum Gasteiger partial charge on any atom is -0.353 e. The van der Waals surface area contributed by atoms with Gasteiger partial charge in [-0.1, -0.05) is 13.8 Å². The maximum atomic E-state index is 11.6. The van der Waals surface area contributed by atoms with Gasteiger partial charge in [-0.05, 0) is 39.3 Å². The maximum Gasteiger partial charge on any atom is 0.234 e. The standard InChI is InChI=1S/C12H27N3O/c1-10(2)8-15(7-5-6-13)9-12(16)14-11(3)4/h10-11H,5-9,13H2,1-4H3,(H,14,16). The van der Waals surface area contributed by atoms with Gasteiger partial charge in [-0.2, -0.15) is 0 Å². The molecule has 1 amide bonds. The summed E-state index contributed by atoms with van der Waals surface area (Å²) in [5.41, 5.74) is 5.49. The molecule has 4 heteroatoms. The lowest BCUT2D eigenvalue weighted by Gasteiger charge is -2.23. The van der Waals surface area contributed by atoms with Crippen LogP contribution in [-0.2, 0) is 4.79 Å². The summed E-state index contributed by atoms with van der Waals surface area (Å²) >= 11 is 0. The lowest BCUT2D eigenvalue weighted by atomic mass is 10.2. The van der Waals surface area contributed by atoms with Gasteiger partial charge in [-0.15, -0.1) is 0 Å². The highest BCUT2D eigenvalue weighted by molar-refractivity contribution is 5.78. The third-order valence-corrected chi connectivity index (χ3v) is 2.12. The summed E-state index contributed by atoms with van der Waals surface area (Å²) in [6.07, 6.45) is 0.946. The van der Waals surface area contributed by atoms with E-state index >= 15 is 0 Å². The van der Waals surface area contributed by atoms with Crippen molar-refractivity contribution in [2.24, 2.45) is 11.7 Å². The van der Waals surface area contributed by atoms with Crippen molar-refractivity contribution in [2.45, 2.75) is 40.2 Å². The lowest BCUT2D eigenvalue weighted by molar-refractivity contribution is -0.122. The summed E-state index contributed by atoms with van der Waals surface area (Å²) in [6, 6.07) is 0.211. The molecule has 0 aliphatic heterocycles. The Labute approximate surface area is 99.6 Å². The van der Waals surface area contributed by atoms with Gasteiger partial charge in [0.1, 0.15) is 0 Å². The molecule has 3 N–H and O–H groups in total. The Bertz CT molecular complexity index is 193. The van der Waals surface area contributed by atoms with Crippen molar-refractivity contribution in [2.75, 3.05) is 26.2 Å². The zero-order chi connectivity index (χ0) is 12.6. The summed E-state index contributed by atoms with van der Waals surface area (Å²) in [4.78, 5) is 13.8. The van der Waals surface area contributed by atoms with E-state index in [2.05, 4.69) is 24.1 Å². The Morgan fingerprint density at radius 1 is 1.31 bits per heavy atom. The smallest absolute Gasteiger partial charge is 0.234 e. The molecule has 0 aromatic carbocycles. The number of hydrogen-bond acceptors (Lipinski definition) is 3. The molecule has 0 atom stereocenters. The van der Waals surface area contributed by atoms with Crippen LogP contribution < -0.4 is 11.1 Å². The van der Waals surface area contributed by atoms with Crippen LogP contribution in [0.5, 0.6) is 0 Å². The highest BCUT2D eigenvalue weighted by Gasteiger charge is 2.12. The monoisotopic (exact) mass is 229 g/mol. The van der Waals surface area contributed by atoms with E-state index < -0.39 is 0 Å². The molecule has 0 aromatic heterocycles. The largest absolute Gasteiger partial charge is 0.353 e. The van der Waals surface area contributed by atoms with Crippen LogP contribution in [0.3, 0.4) is 0 Å². The third kappa shape index (κ3) is 8.68. The van der Waals surface area contributed by atoms with Crippen LogP contribution in [0.1, 0.15) is 34.1 Å². The van der Waals surface area contributed by atoms with Crippen molar-refractivity contribution in [3.63, 3.8) is 0 Å². The second-order valence-corrected chi connectivity index (χ2v) is 4.99. The van der Waals surface area contributed by atoms with Gasteiger partial charge in [0.25, 0.3) is 0 Å². The average Bonchev–Trinajstić information content (AvgIpc) is 2.11. The summed E-state index contributed by atoms with van der Waals surface area (Å²) < 4.78 is 0. The van der Waals surface area contributed by atoms with Crippen LogP contribution in [0, 0.1) is 5.92 Å². The number of carbonyl (C=O) groups excluding carboxylic acids is 1. The maximum absolute atomic E-state index is 11.6. The molecule has 96 valence electrons. The molecule has 0 unspecified atom stereocenters. The highest BCUT2D eigenvalue weighted by Crippen LogP contribution is 1.99. The Balaban J connectivity index is 4.02.